The van der Waals surface area contributed by atoms with Gasteiger partial charge in [0.25, 0.3) is 0 Å². The first-order valence-electron chi connectivity index (χ1n) is 5.73. The molecule has 1 heterocycles. The number of fused-ring (bicyclic) bond motifs is 1. The van der Waals surface area contributed by atoms with Crippen LogP contribution in [0.25, 0.3) is 11.0 Å². The minimum Gasteiger partial charge on any atom is -0.327 e. The zero-order chi connectivity index (χ0) is 14.0. The normalized spacial score (nSPS) is 13.1. The molecule has 104 valence electrons. The lowest BCUT2D eigenvalue weighted by Crippen LogP contribution is -2.10. The molecule has 0 spiro atoms. The van der Waals surface area contributed by atoms with Crippen molar-refractivity contribution in [2.24, 2.45) is 0 Å². The maximum absolute atomic E-state index is 13.7. The van der Waals surface area contributed by atoms with Gasteiger partial charge in [-0.25, -0.2) is 9.37 Å². The molecule has 0 aliphatic carbocycles. The third-order valence-electron chi connectivity index (χ3n) is 2.79. The molecule has 0 bridgehead atoms. The van der Waals surface area contributed by atoms with Crippen LogP contribution in [0.15, 0.2) is 12.1 Å². The minimum absolute atomic E-state index is 0.260. The number of halogens is 3. The summed E-state index contributed by atoms with van der Waals surface area (Å²) in [5.74, 6) is 1.54. The van der Waals surface area contributed by atoms with Gasteiger partial charge in [0.05, 0.1) is 14.6 Å². The Morgan fingerprint density at radius 3 is 2.89 bits per heavy atom. The molecule has 0 amide bonds. The van der Waals surface area contributed by atoms with Crippen molar-refractivity contribution in [3.05, 3.63) is 27.3 Å². The van der Waals surface area contributed by atoms with Crippen molar-refractivity contribution in [2.45, 2.75) is 13.0 Å². The van der Waals surface area contributed by atoms with Gasteiger partial charge in [0, 0.05) is 47.7 Å². The molecule has 7 heteroatoms. The van der Waals surface area contributed by atoms with Crippen molar-refractivity contribution >= 4 is 56.0 Å². The number of nitrogens with zero attached hydrogens (tertiary/aromatic N) is 2. The Bertz CT molecular complexity index is 632. The van der Waals surface area contributed by atoms with Gasteiger partial charge in [-0.15, -0.1) is 11.6 Å². The first-order valence-corrected chi connectivity index (χ1v) is 9.07. The Morgan fingerprint density at radius 1 is 1.53 bits per heavy atom. The van der Waals surface area contributed by atoms with Crippen LogP contribution in [0, 0.1) is 9.39 Å². The molecule has 0 saturated carbocycles. The van der Waals surface area contributed by atoms with Crippen molar-refractivity contribution in [1.82, 2.24) is 9.55 Å². The highest BCUT2D eigenvalue weighted by atomic mass is 127. The molecule has 0 aliphatic rings. The zero-order valence-electron chi connectivity index (χ0n) is 10.3. The molecule has 0 N–H and O–H groups in total. The number of hydrogen-bond acceptors (Lipinski definition) is 2. The van der Waals surface area contributed by atoms with Crippen LogP contribution in [0.5, 0.6) is 0 Å². The van der Waals surface area contributed by atoms with Crippen molar-refractivity contribution in [3.8, 4) is 0 Å². The second-order valence-corrected chi connectivity index (χ2v) is 7.25. The number of benzene rings is 1. The molecule has 2 aromatic rings. The summed E-state index contributed by atoms with van der Waals surface area (Å²) in [6, 6.07) is 3.21. The average Bonchev–Trinajstić information content (AvgIpc) is 2.65. The van der Waals surface area contributed by atoms with Gasteiger partial charge in [-0.05, 0) is 28.7 Å². The molecule has 1 aromatic heterocycles. The molecule has 0 radical (unpaired) electrons. The highest BCUT2D eigenvalue weighted by Crippen LogP contribution is 2.22. The number of aryl methyl sites for hydroxylation is 2. The van der Waals surface area contributed by atoms with Gasteiger partial charge in [0.1, 0.15) is 11.6 Å². The molecule has 3 nitrogen and oxygen atoms in total. The van der Waals surface area contributed by atoms with Gasteiger partial charge in [-0.3, -0.25) is 4.21 Å². The number of aromatic nitrogens is 2. The monoisotopic (exact) mass is 414 g/mol. The molecule has 1 aromatic carbocycles. The van der Waals surface area contributed by atoms with Crippen LogP contribution in [0.4, 0.5) is 4.39 Å². The quantitative estimate of drug-likeness (QED) is 0.557. The van der Waals surface area contributed by atoms with E-state index < -0.39 is 10.8 Å². The Labute approximate surface area is 132 Å². The van der Waals surface area contributed by atoms with E-state index in [1.54, 1.807) is 12.3 Å². The van der Waals surface area contributed by atoms with E-state index in [4.69, 9.17) is 11.6 Å². The number of hydrogen-bond donors (Lipinski definition) is 0. The molecule has 2 rings (SSSR count). The van der Waals surface area contributed by atoms with Gasteiger partial charge in [0.2, 0.25) is 0 Å². The molecule has 1 unspecified atom stereocenters. The number of rotatable bonds is 5. The highest BCUT2D eigenvalue weighted by Gasteiger charge is 2.13. The van der Waals surface area contributed by atoms with Gasteiger partial charge in [-0.2, -0.15) is 0 Å². The minimum atomic E-state index is -0.892. The SMILES string of the molecule is CS(=O)CCn1c(CCCl)nc2cc(I)c(F)cc21. The van der Waals surface area contributed by atoms with Crippen LogP contribution >= 0.6 is 34.2 Å². The van der Waals surface area contributed by atoms with Crippen molar-refractivity contribution in [1.29, 1.82) is 0 Å². The molecular weight excluding hydrogens is 402 g/mol. The summed E-state index contributed by atoms with van der Waals surface area (Å²) in [6.07, 6.45) is 2.27. The fourth-order valence-corrected chi connectivity index (χ4v) is 2.97. The standard InChI is InChI=1S/C12H13ClFIN2OS/c1-19(18)5-4-17-11-6-8(14)9(15)7-10(11)16-12(17)2-3-13/h6-7H,2-5H2,1H3. The highest BCUT2D eigenvalue weighted by molar-refractivity contribution is 14.1. The molecule has 19 heavy (non-hydrogen) atoms. The molecule has 0 fully saturated rings. The Balaban J connectivity index is 2.51. The predicted octanol–water partition coefficient (Wildman–Crippen LogP) is 2.94. The summed E-state index contributed by atoms with van der Waals surface area (Å²) in [5.41, 5.74) is 1.50. The topological polar surface area (TPSA) is 34.9 Å². The molecule has 1 atom stereocenters. The summed E-state index contributed by atoms with van der Waals surface area (Å²) in [7, 11) is -0.892. The second kappa shape index (κ2) is 6.49. The predicted molar refractivity (Wildman–Crippen MR) is 85.8 cm³/mol. The lowest BCUT2D eigenvalue weighted by Gasteiger charge is -2.07. The zero-order valence-corrected chi connectivity index (χ0v) is 14.1. The first-order chi connectivity index (χ1) is 9.02. The second-order valence-electron chi connectivity index (χ2n) is 4.15. The van der Waals surface area contributed by atoms with E-state index >= 15 is 0 Å². The number of imidazole rings is 1. The van der Waals surface area contributed by atoms with Crippen LogP contribution < -0.4 is 0 Å². The van der Waals surface area contributed by atoms with E-state index in [0.29, 0.717) is 28.2 Å². The molecule has 0 aliphatic heterocycles. The average molecular weight is 415 g/mol. The number of alkyl halides is 1. The van der Waals surface area contributed by atoms with Gasteiger partial charge >= 0.3 is 0 Å². The van der Waals surface area contributed by atoms with Crippen molar-refractivity contribution in [2.75, 3.05) is 17.9 Å². The Kier molecular flexibility index (Phi) is 5.19. The fraction of sp³-hybridized carbons (Fsp3) is 0.417. The van der Waals surface area contributed by atoms with E-state index in [0.717, 1.165) is 16.9 Å². The fourth-order valence-electron chi connectivity index (χ4n) is 1.91. The summed E-state index contributed by atoms with van der Waals surface area (Å²) in [6.45, 7) is 0.561. The third kappa shape index (κ3) is 3.46. The van der Waals surface area contributed by atoms with E-state index in [-0.39, 0.29) is 5.82 Å². The summed E-state index contributed by atoms with van der Waals surface area (Å²) < 4.78 is 27.4. The maximum atomic E-state index is 13.7. The summed E-state index contributed by atoms with van der Waals surface area (Å²) in [5, 5.41) is 0. The lowest BCUT2D eigenvalue weighted by atomic mass is 10.3. The van der Waals surface area contributed by atoms with Gasteiger partial charge in [0.15, 0.2) is 0 Å². The van der Waals surface area contributed by atoms with Crippen LogP contribution in [0.1, 0.15) is 5.82 Å². The van der Waals surface area contributed by atoms with Crippen LogP contribution in [0.3, 0.4) is 0 Å². The van der Waals surface area contributed by atoms with E-state index in [9.17, 15) is 8.60 Å². The van der Waals surface area contributed by atoms with Crippen LogP contribution in [-0.2, 0) is 23.8 Å². The first kappa shape index (κ1) is 15.2. The maximum Gasteiger partial charge on any atom is 0.138 e. The van der Waals surface area contributed by atoms with E-state index in [2.05, 4.69) is 4.98 Å². The van der Waals surface area contributed by atoms with Gasteiger partial charge < -0.3 is 4.57 Å². The lowest BCUT2D eigenvalue weighted by molar-refractivity contribution is 0.620. The van der Waals surface area contributed by atoms with E-state index in [1.807, 2.05) is 27.2 Å². The van der Waals surface area contributed by atoms with Crippen LogP contribution in [0.2, 0.25) is 0 Å². The van der Waals surface area contributed by atoms with Gasteiger partial charge in [-0.1, -0.05) is 0 Å². The smallest absolute Gasteiger partial charge is 0.138 e. The molecular formula is C12H13ClFIN2OS. The van der Waals surface area contributed by atoms with Crippen LogP contribution in [-0.4, -0.2) is 31.6 Å². The summed E-state index contributed by atoms with van der Waals surface area (Å²) >= 11 is 7.72. The van der Waals surface area contributed by atoms with E-state index in [1.165, 1.54) is 6.07 Å². The summed E-state index contributed by atoms with van der Waals surface area (Å²) in [4.78, 5) is 4.49. The third-order valence-corrected chi connectivity index (χ3v) is 4.56. The van der Waals surface area contributed by atoms with Crippen molar-refractivity contribution < 1.29 is 8.60 Å². The van der Waals surface area contributed by atoms with Crippen molar-refractivity contribution in [3.63, 3.8) is 0 Å². The largest absolute Gasteiger partial charge is 0.327 e. The molecule has 0 saturated heterocycles. The Hall–Kier alpha value is -0.210. The Morgan fingerprint density at radius 2 is 2.26 bits per heavy atom.